The van der Waals surface area contributed by atoms with Crippen LogP contribution in [0.1, 0.15) is 16.8 Å². The fraction of sp³-hybridized carbons (Fsp3) is 0.105. The molecule has 2 heterocycles. The van der Waals surface area contributed by atoms with E-state index in [-0.39, 0.29) is 0 Å². The molecule has 0 fully saturated rings. The minimum absolute atomic E-state index is 0.737. The van der Waals surface area contributed by atoms with Crippen molar-refractivity contribution < 1.29 is 0 Å². The summed E-state index contributed by atoms with van der Waals surface area (Å²) in [5.41, 5.74) is 4.43. The Bertz CT molecular complexity index is 1070. The lowest BCUT2D eigenvalue weighted by atomic mass is 10.1. The predicted octanol–water partition coefficient (Wildman–Crippen LogP) is 4.90. The van der Waals surface area contributed by atoms with E-state index in [1.165, 1.54) is 5.56 Å². The van der Waals surface area contributed by atoms with Gasteiger partial charge in [-0.2, -0.15) is 9.78 Å². The first-order chi connectivity index (χ1) is 12.7. The van der Waals surface area contributed by atoms with Crippen molar-refractivity contribution in [3.63, 3.8) is 0 Å². The Kier molecular flexibility index (Phi) is 4.77. The normalized spacial score (nSPS) is 11.6. The molecule has 1 N–H and O–H groups in total. The number of H-pyrrole nitrogens is 1. The smallest absolute Gasteiger partial charge is 0.212 e. The quantitative estimate of drug-likeness (QED) is 0.395. The molecule has 0 bridgehead atoms. The third-order valence-electron chi connectivity index (χ3n) is 4.04. The van der Waals surface area contributed by atoms with Crippen LogP contribution in [0.2, 0.25) is 5.02 Å². The summed E-state index contributed by atoms with van der Waals surface area (Å²) in [5, 5.41) is 15.3. The summed E-state index contributed by atoms with van der Waals surface area (Å²) in [6.07, 6.45) is 3.47. The number of aromatic amines is 1. The van der Waals surface area contributed by atoms with Gasteiger partial charge in [-0.05, 0) is 30.7 Å². The van der Waals surface area contributed by atoms with Crippen molar-refractivity contribution >= 4 is 40.5 Å². The minimum atomic E-state index is 0.737. The van der Waals surface area contributed by atoms with Crippen LogP contribution in [0.15, 0.2) is 65.1 Å². The van der Waals surface area contributed by atoms with Crippen LogP contribution < -0.4 is 0 Å². The lowest BCUT2D eigenvalue weighted by Gasteiger charge is -2.02. The van der Waals surface area contributed by atoms with E-state index in [0.717, 1.165) is 38.1 Å². The fourth-order valence-electron chi connectivity index (χ4n) is 2.71. The third-order valence-corrected chi connectivity index (χ3v) is 5.29. The summed E-state index contributed by atoms with van der Waals surface area (Å²) in [7, 11) is 0. The summed E-state index contributed by atoms with van der Waals surface area (Å²) in [6.45, 7) is 2.05. The van der Waals surface area contributed by atoms with Gasteiger partial charge in [0.2, 0.25) is 5.16 Å². The zero-order valence-corrected chi connectivity index (χ0v) is 15.6. The van der Waals surface area contributed by atoms with Gasteiger partial charge in [0.15, 0.2) is 0 Å². The summed E-state index contributed by atoms with van der Waals surface area (Å²) < 4.78 is 1.70. The van der Waals surface area contributed by atoms with Crippen LogP contribution in [0.5, 0.6) is 0 Å². The van der Waals surface area contributed by atoms with Crippen LogP contribution in [0, 0.1) is 6.92 Å². The Morgan fingerprint density at radius 3 is 2.85 bits per heavy atom. The molecule has 2 aromatic heterocycles. The van der Waals surface area contributed by atoms with Crippen LogP contribution in [-0.2, 0) is 5.75 Å². The molecule has 0 unspecified atom stereocenters. The highest BCUT2D eigenvalue weighted by Crippen LogP contribution is 2.23. The lowest BCUT2D eigenvalue weighted by molar-refractivity contribution is 0.767. The SMILES string of the molecule is Cc1[nH]c2ccccc2c1C=Nn1cnnc1SCc1ccc(Cl)cc1. The van der Waals surface area contributed by atoms with Crippen molar-refractivity contribution in [2.75, 3.05) is 0 Å². The zero-order chi connectivity index (χ0) is 17.9. The highest BCUT2D eigenvalue weighted by Gasteiger charge is 2.07. The minimum Gasteiger partial charge on any atom is -0.358 e. The van der Waals surface area contributed by atoms with Crippen molar-refractivity contribution in [1.82, 2.24) is 19.9 Å². The predicted molar refractivity (Wildman–Crippen MR) is 107 cm³/mol. The molecule has 0 aliphatic carbocycles. The number of fused-ring (bicyclic) bond motifs is 1. The average Bonchev–Trinajstić information content (AvgIpc) is 3.22. The number of benzene rings is 2. The maximum absolute atomic E-state index is 5.93. The van der Waals surface area contributed by atoms with E-state index in [4.69, 9.17) is 11.6 Å². The van der Waals surface area contributed by atoms with E-state index >= 15 is 0 Å². The maximum Gasteiger partial charge on any atom is 0.212 e. The van der Waals surface area contributed by atoms with Gasteiger partial charge in [-0.1, -0.05) is 53.7 Å². The molecule has 0 saturated heterocycles. The summed E-state index contributed by atoms with van der Waals surface area (Å²) >= 11 is 7.51. The summed E-state index contributed by atoms with van der Waals surface area (Å²) in [5.74, 6) is 0.775. The number of para-hydroxylation sites is 1. The average molecular weight is 382 g/mol. The van der Waals surface area contributed by atoms with E-state index in [2.05, 4.69) is 32.4 Å². The third kappa shape index (κ3) is 3.52. The van der Waals surface area contributed by atoms with Crippen LogP contribution >= 0.6 is 23.4 Å². The fourth-order valence-corrected chi connectivity index (χ4v) is 3.65. The molecule has 0 spiro atoms. The molecule has 0 aliphatic heterocycles. The van der Waals surface area contributed by atoms with Crippen molar-refractivity contribution in [3.8, 4) is 0 Å². The molecular weight excluding hydrogens is 366 g/mol. The maximum atomic E-state index is 5.93. The second-order valence-corrected chi connectivity index (χ2v) is 7.21. The first-order valence-corrected chi connectivity index (χ1v) is 9.46. The van der Waals surface area contributed by atoms with Crippen LogP contribution in [-0.4, -0.2) is 26.1 Å². The molecule has 4 aromatic rings. The number of halogens is 1. The van der Waals surface area contributed by atoms with Gasteiger partial charge in [0.1, 0.15) is 6.33 Å². The molecule has 4 rings (SSSR count). The van der Waals surface area contributed by atoms with Gasteiger partial charge in [-0.25, -0.2) is 0 Å². The number of hydrogen-bond donors (Lipinski definition) is 1. The van der Waals surface area contributed by atoms with Gasteiger partial charge >= 0.3 is 0 Å². The Morgan fingerprint density at radius 2 is 2.00 bits per heavy atom. The largest absolute Gasteiger partial charge is 0.358 e. The van der Waals surface area contributed by atoms with Crippen molar-refractivity contribution in [2.24, 2.45) is 5.10 Å². The van der Waals surface area contributed by atoms with Gasteiger partial charge < -0.3 is 4.98 Å². The number of aryl methyl sites for hydroxylation is 1. The topological polar surface area (TPSA) is 58.9 Å². The zero-order valence-electron chi connectivity index (χ0n) is 14.1. The van der Waals surface area contributed by atoms with Gasteiger partial charge in [0.25, 0.3) is 0 Å². The highest BCUT2D eigenvalue weighted by molar-refractivity contribution is 7.98. The van der Waals surface area contributed by atoms with Crippen LogP contribution in [0.4, 0.5) is 0 Å². The van der Waals surface area contributed by atoms with E-state index < -0.39 is 0 Å². The van der Waals surface area contributed by atoms with Crippen LogP contribution in [0.3, 0.4) is 0 Å². The Hall–Kier alpha value is -2.57. The first-order valence-electron chi connectivity index (χ1n) is 8.09. The van der Waals surface area contributed by atoms with Gasteiger partial charge in [-0.15, -0.1) is 10.2 Å². The van der Waals surface area contributed by atoms with E-state index in [9.17, 15) is 0 Å². The Labute approximate surface area is 160 Å². The standard InChI is InChI=1S/C19H16ClN5S/c1-13-17(16-4-2-3-5-18(16)23-13)10-22-25-12-21-24-19(25)26-11-14-6-8-15(20)9-7-14/h2-10,12,23H,11H2,1H3. The van der Waals surface area contributed by atoms with Crippen molar-refractivity contribution in [2.45, 2.75) is 17.8 Å². The number of thioether (sulfide) groups is 1. The second kappa shape index (κ2) is 7.35. The number of nitrogens with zero attached hydrogens (tertiary/aromatic N) is 4. The number of hydrogen-bond acceptors (Lipinski definition) is 4. The first kappa shape index (κ1) is 16.9. The molecule has 130 valence electrons. The monoisotopic (exact) mass is 381 g/mol. The Morgan fingerprint density at radius 1 is 1.19 bits per heavy atom. The number of nitrogens with one attached hydrogen (secondary N) is 1. The van der Waals surface area contributed by atoms with Crippen molar-refractivity contribution in [1.29, 1.82) is 0 Å². The number of rotatable bonds is 5. The van der Waals surface area contributed by atoms with E-state index in [0.29, 0.717) is 0 Å². The van der Waals surface area contributed by atoms with Gasteiger partial charge in [-0.3, -0.25) is 0 Å². The molecule has 5 nitrogen and oxygen atoms in total. The number of aromatic nitrogens is 4. The second-order valence-electron chi connectivity index (χ2n) is 5.83. The molecular formula is C19H16ClN5S. The van der Waals surface area contributed by atoms with E-state index in [1.807, 2.05) is 49.5 Å². The van der Waals surface area contributed by atoms with E-state index in [1.54, 1.807) is 22.8 Å². The molecule has 0 aliphatic rings. The molecule has 0 amide bonds. The van der Waals surface area contributed by atoms with Crippen molar-refractivity contribution in [3.05, 3.63) is 76.7 Å². The summed E-state index contributed by atoms with van der Waals surface area (Å²) in [4.78, 5) is 3.38. The molecule has 0 saturated carbocycles. The molecule has 7 heteroatoms. The van der Waals surface area contributed by atoms with Crippen LogP contribution in [0.25, 0.3) is 10.9 Å². The lowest BCUT2D eigenvalue weighted by Crippen LogP contribution is -1.93. The molecule has 2 aromatic carbocycles. The molecule has 26 heavy (non-hydrogen) atoms. The Balaban J connectivity index is 1.54. The highest BCUT2D eigenvalue weighted by atomic mass is 35.5. The van der Waals surface area contributed by atoms with Gasteiger partial charge in [0, 0.05) is 32.9 Å². The molecule has 0 atom stereocenters. The summed E-state index contributed by atoms with van der Waals surface area (Å²) in [6, 6.07) is 16.0. The van der Waals surface area contributed by atoms with Gasteiger partial charge in [0.05, 0.1) is 6.21 Å². The molecule has 0 radical (unpaired) electrons.